The molecule has 1 aliphatic heterocycles. The summed E-state index contributed by atoms with van der Waals surface area (Å²) in [6, 6.07) is 60.2. The molecule has 0 N–H and O–H groups in total. The first kappa shape index (κ1) is 31.2. The van der Waals surface area contributed by atoms with E-state index in [0.29, 0.717) is 0 Å². The Hall–Kier alpha value is -6.38. The summed E-state index contributed by atoms with van der Waals surface area (Å²) < 4.78 is 6.98. The van der Waals surface area contributed by atoms with Crippen molar-refractivity contribution in [1.29, 1.82) is 0 Å². The van der Waals surface area contributed by atoms with E-state index in [2.05, 4.69) is 207 Å². The van der Waals surface area contributed by atoms with E-state index in [1.165, 1.54) is 55.6 Å². The van der Waals surface area contributed by atoms with Crippen molar-refractivity contribution in [3.05, 3.63) is 221 Å². The summed E-state index contributed by atoms with van der Waals surface area (Å²) in [6.45, 7) is 4.73. The Labute approximate surface area is 317 Å². The summed E-state index contributed by atoms with van der Waals surface area (Å²) in [5.41, 5.74) is 15.7. The Morgan fingerprint density at radius 1 is 0.500 bits per heavy atom. The molecule has 0 bridgehead atoms. The molecule has 7 aromatic rings. The summed E-state index contributed by atoms with van der Waals surface area (Å²) in [6.07, 6.45) is 9.32. The summed E-state index contributed by atoms with van der Waals surface area (Å²) in [7, 11) is 0. The maximum atomic E-state index is 6.98. The van der Waals surface area contributed by atoms with Crippen LogP contribution in [0.1, 0.15) is 53.1 Å². The molecule has 2 nitrogen and oxygen atoms in total. The van der Waals surface area contributed by atoms with Crippen molar-refractivity contribution in [3.8, 4) is 33.8 Å². The fourth-order valence-corrected chi connectivity index (χ4v) is 10.3. The molecular formula is C52H39NO. The number of hydrogen-bond donors (Lipinski definition) is 0. The van der Waals surface area contributed by atoms with E-state index >= 15 is 0 Å². The van der Waals surface area contributed by atoms with Crippen LogP contribution in [0.5, 0.6) is 11.5 Å². The molecule has 0 aromatic heterocycles. The van der Waals surface area contributed by atoms with Crippen molar-refractivity contribution < 1.29 is 4.74 Å². The fraction of sp³-hybridized carbons (Fsp3) is 0.115. The summed E-state index contributed by atoms with van der Waals surface area (Å²) >= 11 is 0. The van der Waals surface area contributed by atoms with E-state index in [1.54, 1.807) is 0 Å². The zero-order chi connectivity index (χ0) is 36.0. The van der Waals surface area contributed by atoms with Gasteiger partial charge >= 0.3 is 0 Å². The lowest BCUT2D eigenvalue weighted by Gasteiger charge is -2.45. The Morgan fingerprint density at radius 3 is 2.00 bits per heavy atom. The predicted octanol–water partition coefficient (Wildman–Crippen LogP) is 13.4. The van der Waals surface area contributed by atoms with E-state index < -0.39 is 5.41 Å². The van der Waals surface area contributed by atoms with Gasteiger partial charge in [0.1, 0.15) is 11.5 Å². The largest absolute Gasteiger partial charge is 0.457 e. The maximum Gasteiger partial charge on any atom is 0.134 e. The van der Waals surface area contributed by atoms with E-state index in [9.17, 15) is 0 Å². The van der Waals surface area contributed by atoms with Crippen LogP contribution in [0.2, 0.25) is 0 Å². The maximum absolute atomic E-state index is 6.98. The SMILES string of the molecule is CC1(C)c2ccccc2-c2ccc(N(c3ccc(-c4ccccc4)cc3)c3cccc4c3C3(c5ccccc5O4)c4ccccc4C4C=CC=CC43)cc21. The van der Waals surface area contributed by atoms with Crippen LogP contribution in [0.15, 0.2) is 188 Å². The van der Waals surface area contributed by atoms with Gasteiger partial charge in [-0.3, -0.25) is 0 Å². The number of fused-ring (bicyclic) bond motifs is 12. The number of rotatable bonds is 4. The minimum Gasteiger partial charge on any atom is -0.457 e. The van der Waals surface area contributed by atoms with Gasteiger partial charge in [-0.15, -0.1) is 0 Å². The number of anilines is 3. The lowest BCUT2D eigenvalue weighted by molar-refractivity contribution is 0.375. The molecule has 0 amide bonds. The average Bonchev–Trinajstić information content (AvgIpc) is 3.64. The fourth-order valence-electron chi connectivity index (χ4n) is 10.3. The van der Waals surface area contributed by atoms with Gasteiger partial charge in [0.15, 0.2) is 0 Å². The number of allylic oxidation sites excluding steroid dienone is 4. The minimum atomic E-state index is -0.488. The molecular weight excluding hydrogens is 655 g/mol. The van der Waals surface area contributed by atoms with Gasteiger partial charge in [0, 0.05) is 39.8 Å². The molecule has 7 aromatic carbocycles. The van der Waals surface area contributed by atoms with E-state index in [0.717, 1.165) is 28.6 Å². The number of hydrogen-bond acceptors (Lipinski definition) is 2. The second-order valence-corrected chi connectivity index (χ2v) is 15.6. The van der Waals surface area contributed by atoms with Crippen molar-refractivity contribution in [1.82, 2.24) is 0 Å². The molecule has 0 fully saturated rings. The van der Waals surface area contributed by atoms with Gasteiger partial charge in [0.25, 0.3) is 0 Å². The highest BCUT2D eigenvalue weighted by Crippen LogP contribution is 2.67. The highest BCUT2D eigenvalue weighted by atomic mass is 16.5. The van der Waals surface area contributed by atoms with Crippen LogP contribution in [0.25, 0.3) is 22.3 Å². The number of benzene rings is 7. The second kappa shape index (κ2) is 11.6. The molecule has 3 unspecified atom stereocenters. The van der Waals surface area contributed by atoms with Gasteiger partial charge in [-0.25, -0.2) is 0 Å². The van der Waals surface area contributed by atoms with Crippen molar-refractivity contribution in [2.75, 3.05) is 4.90 Å². The Kier molecular flexibility index (Phi) is 6.67. The Bertz CT molecular complexity index is 2680. The first-order valence-electron chi connectivity index (χ1n) is 19.1. The molecule has 1 spiro atoms. The quantitative estimate of drug-likeness (QED) is 0.182. The monoisotopic (exact) mass is 693 g/mol. The zero-order valence-electron chi connectivity index (χ0n) is 30.4. The van der Waals surface area contributed by atoms with Crippen LogP contribution < -0.4 is 9.64 Å². The molecule has 258 valence electrons. The predicted molar refractivity (Wildman–Crippen MR) is 221 cm³/mol. The van der Waals surface area contributed by atoms with Crippen molar-refractivity contribution in [2.45, 2.75) is 30.6 Å². The number of para-hydroxylation sites is 1. The topological polar surface area (TPSA) is 12.5 Å². The van der Waals surface area contributed by atoms with Crippen LogP contribution in [-0.4, -0.2) is 0 Å². The smallest absolute Gasteiger partial charge is 0.134 e. The standard InChI is InChI=1S/C52H39NO/c1-51(2)42-20-9-6-17-38(42)41-32-31-37(33-46(41)51)53(36-29-27-35(28-30-36)34-15-4-3-5-16-34)47-24-14-26-49-50(47)52(45-23-12-13-25-48(45)54-49)43-21-10-7-18-39(43)40-19-8-11-22-44(40)52/h3-33,39,43H,1-2H3. The van der Waals surface area contributed by atoms with E-state index in [1.807, 2.05) is 0 Å². The molecule has 54 heavy (non-hydrogen) atoms. The summed E-state index contributed by atoms with van der Waals surface area (Å²) in [5.74, 6) is 2.25. The first-order valence-corrected chi connectivity index (χ1v) is 19.1. The average molecular weight is 694 g/mol. The van der Waals surface area contributed by atoms with Crippen molar-refractivity contribution >= 4 is 17.1 Å². The molecule has 3 aliphatic carbocycles. The third-order valence-corrected chi connectivity index (χ3v) is 12.6. The van der Waals surface area contributed by atoms with Gasteiger partial charge in [-0.1, -0.05) is 159 Å². The van der Waals surface area contributed by atoms with Gasteiger partial charge in [-0.05, 0) is 87.0 Å². The zero-order valence-corrected chi connectivity index (χ0v) is 30.4. The third-order valence-electron chi connectivity index (χ3n) is 12.6. The van der Waals surface area contributed by atoms with E-state index in [-0.39, 0.29) is 17.3 Å². The van der Waals surface area contributed by atoms with E-state index in [4.69, 9.17) is 4.74 Å². The van der Waals surface area contributed by atoms with Gasteiger partial charge in [0.2, 0.25) is 0 Å². The van der Waals surface area contributed by atoms with Gasteiger partial charge in [0.05, 0.1) is 11.1 Å². The lowest BCUT2D eigenvalue weighted by Crippen LogP contribution is -2.39. The molecule has 11 rings (SSSR count). The Morgan fingerprint density at radius 2 is 1.15 bits per heavy atom. The highest BCUT2D eigenvalue weighted by molar-refractivity contribution is 5.89. The van der Waals surface area contributed by atoms with Crippen LogP contribution in [-0.2, 0) is 10.8 Å². The lowest BCUT2D eigenvalue weighted by atomic mass is 9.61. The molecule has 1 heterocycles. The Balaban J connectivity index is 1.20. The van der Waals surface area contributed by atoms with Crippen LogP contribution >= 0.6 is 0 Å². The summed E-state index contributed by atoms with van der Waals surface area (Å²) in [4.78, 5) is 2.49. The minimum absolute atomic E-state index is 0.138. The van der Waals surface area contributed by atoms with Crippen LogP contribution in [0.3, 0.4) is 0 Å². The van der Waals surface area contributed by atoms with Crippen LogP contribution in [0, 0.1) is 5.92 Å². The molecule has 0 saturated heterocycles. The molecule has 0 radical (unpaired) electrons. The second-order valence-electron chi connectivity index (χ2n) is 15.6. The highest BCUT2D eigenvalue weighted by Gasteiger charge is 2.58. The molecule has 0 saturated carbocycles. The van der Waals surface area contributed by atoms with Gasteiger partial charge in [-0.2, -0.15) is 0 Å². The molecule has 3 atom stereocenters. The van der Waals surface area contributed by atoms with Gasteiger partial charge < -0.3 is 9.64 Å². The normalized spacial score (nSPS) is 20.3. The van der Waals surface area contributed by atoms with Crippen molar-refractivity contribution in [3.63, 3.8) is 0 Å². The van der Waals surface area contributed by atoms with Crippen molar-refractivity contribution in [2.24, 2.45) is 5.92 Å². The molecule has 4 aliphatic rings. The molecule has 2 heteroatoms. The first-order chi connectivity index (χ1) is 26.5. The number of nitrogens with zero attached hydrogens (tertiary/aromatic N) is 1. The van der Waals surface area contributed by atoms with Crippen LogP contribution in [0.4, 0.5) is 17.1 Å². The number of ether oxygens (including phenoxy) is 1. The third kappa shape index (κ3) is 4.23. The summed E-state index contributed by atoms with van der Waals surface area (Å²) in [5, 5.41) is 0.